The first-order valence-corrected chi connectivity index (χ1v) is 11.2. The van der Waals surface area contributed by atoms with Gasteiger partial charge in [0, 0.05) is 5.02 Å². The second-order valence-electron chi connectivity index (χ2n) is 8.17. The van der Waals surface area contributed by atoms with Gasteiger partial charge in [-0.25, -0.2) is 9.48 Å². The maximum Gasteiger partial charge on any atom is 0.374 e. The molecule has 3 rings (SSSR count). The van der Waals surface area contributed by atoms with E-state index < -0.39 is 23.7 Å². The van der Waals surface area contributed by atoms with E-state index in [9.17, 15) is 19.5 Å². The van der Waals surface area contributed by atoms with Gasteiger partial charge in [-0.15, -0.1) is 0 Å². The third kappa shape index (κ3) is 5.81. The summed E-state index contributed by atoms with van der Waals surface area (Å²) in [5.74, 6) is -2.43. The zero-order chi connectivity index (χ0) is 25.7. The van der Waals surface area contributed by atoms with Crippen molar-refractivity contribution in [2.75, 3.05) is 14.2 Å². The Balaban J connectivity index is 2.13. The SMILES string of the molecule is COc1cccc(OC)c1-c1cc(C(=O)N[C@H](CC(C)C)C(=O)C(=O)O)nn1-c1ccc(Cl)cc1. The van der Waals surface area contributed by atoms with Crippen molar-refractivity contribution >= 4 is 29.3 Å². The van der Waals surface area contributed by atoms with Gasteiger partial charge in [-0.05, 0) is 54.8 Å². The molecular formula is C25H26ClN3O6. The van der Waals surface area contributed by atoms with E-state index >= 15 is 0 Å². The zero-order valence-electron chi connectivity index (χ0n) is 19.7. The van der Waals surface area contributed by atoms with Crippen LogP contribution in [-0.2, 0) is 9.59 Å². The molecule has 0 aliphatic rings. The molecule has 0 fully saturated rings. The normalized spacial score (nSPS) is 11.7. The fourth-order valence-corrected chi connectivity index (χ4v) is 3.76. The molecule has 10 heteroatoms. The number of ether oxygens (including phenoxy) is 2. The van der Waals surface area contributed by atoms with Crippen LogP contribution >= 0.6 is 11.6 Å². The number of methoxy groups -OCH3 is 2. The average molecular weight is 500 g/mol. The molecule has 0 aliphatic heterocycles. The number of aromatic nitrogens is 2. The van der Waals surface area contributed by atoms with Crippen LogP contribution in [0, 0.1) is 5.92 Å². The molecule has 0 bridgehead atoms. The first kappa shape index (κ1) is 25.8. The third-order valence-corrected chi connectivity index (χ3v) is 5.49. The van der Waals surface area contributed by atoms with Crippen LogP contribution in [0.5, 0.6) is 11.5 Å². The third-order valence-electron chi connectivity index (χ3n) is 5.24. The Hall–Kier alpha value is -3.85. The number of aliphatic carboxylic acids is 1. The van der Waals surface area contributed by atoms with E-state index in [4.69, 9.17) is 21.1 Å². The van der Waals surface area contributed by atoms with Gasteiger partial charge < -0.3 is 19.9 Å². The molecule has 0 saturated carbocycles. The minimum atomic E-state index is -1.61. The van der Waals surface area contributed by atoms with Gasteiger partial charge in [0.2, 0.25) is 0 Å². The Labute approximate surface area is 207 Å². The van der Waals surface area contributed by atoms with Gasteiger partial charge in [-0.3, -0.25) is 9.59 Å². The van der Waals surface area contributed by atoms with Crippen molar-refractivity contribution in [3.8, 4) is 28.4 Å². The van der Waals surface area contributed by atoms with Gasteiger partial charge in [-0.1, -0.05) is 31.5 Å². The van der Waals surface area contributed by atoms with Crippen molar-refractivity contribution in [1.29, 1.82) is 0 Å². The Kier molecular flexibility index (Phi) is 8.14. The minimum absolute atomic E-state index is 0.0187. The molecule has 184 valence electrons. The lowest BCUT2D eigenvalue weighted by Gasteiger charge is -2.16. The van der Waals surface area contributed by atoms with Gasteiger partial charge in [0.1, 0.15) is 11.5 Å². The molecule has 9 nitrogen and oxygen atoms in total. The Morgan fingerprint density at radius 1 is 1.06 bits per heavy atom. The first-order valence-electron chi connectivity index (χ1n) is 10.8. The molecule has 1 atom stereocenters. The van der Waals surface area contributed by atoms with Crippen LogP contribution in [0.15, 0.2) is 48.5 Å². The molecule has 0 saturated heterocycles. The predicted molar refractivity (Wildman–Crippen MR) is 130 cm³/mol. The zero-order valence-corrected chi connectivity index (χ0v) is 20.5. The van der Waals surface area contributed by atoms with E-state index in [0.717, 1.165) is 0 Å². The van der Waals surface area contributed by atoms with Crippen molar-refractivity contribution in [2.45, 2.75) is 26.3 Å². The van der Waals surface area contributed by atoms with Gasteiger partial charge in [0.25, 0.3) is 11.7 Å². The highest BCUT2D eigenvalue weighted by atomic mass is 35.5. The molecule has 1 aromatic heterocycles. The number of carbonyl (C=O) groups is 3. The van der Waals surface area contributed by atoms with Crippen molar-refractivity contribution in [3.63, 3.8) is 0 Å². The number of carboxylic acid groups (broad SMARTS) is 1. The second-order valence-corrected chi connectivity index (χ2v) is 8.60. The fourth-order valence-electron chi connectivity index (χ4n) is 3.64. The molecule has 35 heavy (non-hydrogen) atoms. The number of carbonyl (C=O) groups excluding carboxylic acids is 2. The van der Waals surface area contributed by atoms with Crippen LogP contribution in [0.4, 0.5) is 0 Å². The maximum atomic E-state index is 13.1. The maximum absolute atomic E-state index is 13.1. The summed E-state index contributed by atoms with van der Waals surface area (Å²) in [6.07, 6.45) is 0.169. The topological polar surface area (TPSA) is 120 Å². The van der Waals surface area contributed by atoms with Crippen LogP contribution < -0.4 is 14.8 Å². The number of nitrogens with one attached hydrogen (secondary N) is 1. The number of hydrogen-bond acceptors (Lipinski definition) is 6. The van der Waals surface area contributed by atoms with Crippen molar-refractivity contribution in [3.05, 3.63) is 59.2 Å². The molecule has 0 unspecified atom stereocenters. The van der Waals surface area contributed by atoms with Gasteiger partial charge in [-0.2, -0.15) is 5.10 Å². The average Bonchev–Trinajstić information content (AvgIpc) is 3.27. The summed E-state index contributed by atoms with van der Waals surface area (Å²) >= 11 is 6.05. The predicted octanol–water partition coefficient (Wildman–Crippen LogP) is 4.01. The molecule has 2 N–H and O–H groups in total. The summed E-state index contributed by atoms with van der Waals surface area (Å²) in [6, 6.07) is 12.5. The van der Waals surface area contributed by atoms with Crippen molar-refractivity contribution in [1.82, 2.24) is 15.1 Å². The van der Waals surface area contributed by atoms with E-state index in [1.807, 2.05) is 13.8 Å². The Bertz CT molecular complexity index is 1210. The minimum Gasteiger partial charge on any atom is -0.496 e. The lowest BCUT2D eigenvalue weighted by Crippen LogP contribution is -2.44. The van der Waals surface area contributed by atoms with Crippen LogP contribution in [0.1, 0.15) is 30.8 Å². The van der Waals surface area contributed by atoms with Crippen LogP contribution in [0.2, 0.25) is 5.02 Å². The molecule has 0 spiro atoms. The number of Topliss-reactive ketones (excluding diaryl/α,β-unsaturated/α-hetero) is 1. The highest BCUT2D eigenvalue weighted by molar-refractivity contribution is 6.35. The van der Waals surface area contributed by atoms with E-state index in [2.05, 4.69) is 10.4 Å². The lowest BCUT2D eigenvalue weighted by atomic mass is 10.00. The molecule has 1 amide bonds. The highest BCUT2D eigenvalue weighted by Gasteiger charge is 2.29. The number of benzene rings is 2. The number of amides is 1. The fraction of sp³-hybridized carbons (Fsp3) is 0.280. The summed E-state index contributed by atoms with van der Waals surface area (Å²) < 4.78 is 12.6. The van der Waals surface area contributed by atoms with E-state index in [-0.39, 0.29) is 18.0 Å². The van der Waals surface area contributed by atoms with Gasteiger partial charge in [0.05, 0.1) is 37.2 Å². The quantitative estimate of drug-likeness (QED) is 0.404. The lowest BCUT2D eigenvalue weighted by molar-refractivity contribution is -0.150. The first-order chi connectivity index (χ1) is 16.7. The van der Waals surface area contributed by atoms with E-state index in [0.29, 0.717) is 33.5 Å². The largest absolute Gasteiger partial charge is 0.496 e. The Morgan fingerprint density at radius 3 is 2.17 bits per heavy atom. The number of hydrogen-bond donors (Lipinski definition) is 2. The number of ketones is 1. The van der Waals surface area contributed by atoms with Crippen LogP contribution in [0.25, 0.3) is 16.9 Å². The molecule has 1 heterocycles. The standard InChI is InChI=1S/C25H26ClN3O6/c1-14(2)12-17(23(30)25(32)33)27-24(31)18-13-19(22-20(34-3)6-5-7-21(22)35-4)29(28-18)16-10-8-15(26)9-11-16/h5-11,13-14,17H,12H2,1-4H3,(H,27,31)(H,32,33)/t17-/m1/s1. The van der Waals surface area contributed by atoms with E-state index in [1.165, 1.54) is 25.0 Å². The highest BCUT2D eigenvalue weighted by Crippen LogP contribution is 2.39. The summed E-state index contributed by atoms with van der Waals surface area (Å²) in [6.45, 7) is 3.66. The monoisotopic (exact) mass is 499 g/mol. The molecule has 0 radical (unpaired) electrons. The molecule has 0 aliphatic carbocycles. The van der Waals surface area contributed by atoms with Crippen molar-refractivity contribution < 1.29 is 29.0 Å². The van der Waals surface area contributed by atoms with E-state index in [1.54, 1.807) is 42.5 Å². The number of nitrogens with zero attached hydrogens (tertiary/aromatic N) is 2. The van der Waals surface area contributed by atoms with Crippen LogP contribution in [0.3, 0.4) is 0 Å². The molecule has 3 aromatic rings. The number of rotatable bonds is 10. The Morgan fingerprint density at radius 2 is 1.66 bits per heavy atom. The molecule has 2 aromatic carbocycles. The van der Waals surface area contributed by atoms with Crippen LogP contribution in [-0.4, -0.2) is 52.8 Å². The second kappa shape index (κ2) is 11.1. The summed E-state index contributed by atoms with van der Waals surface area (Å²) in [5, 5.41) is 16.7. The van der Waals surface area contributed by atoms with Gasteiger partial charge >= 0.3 is 5.97 Å². The smallest absolute Gasteiger partial charge is 0.374 e. The van der Waals surface area contributed by atoms with Gasteiger partial charge in [0.15, 0.2) is 5.69 Å². The molecular weight excluding hydrogens is 474 g/mol. The summed E-state index contributed by atoms with van der Waals surface area (Å²) in [5.41, 5.74) is 1.63. The summed E-state index contributed by atoms with van der Waals surface area (Å²) in [4.78, 5) is 36.6. The number of halogens is 1. The van der Waals surface area contributed by atoms with Crippen molar-refractivity contribution in [2.24, 2.45) is 5.92 Å². The summed E-state index contributed by atoms with van der Waals surface area (Å²) in [7, 11) is 3.03. The number of carboxylic acids is 1.